The van der Waals surface area contributed by atoms with Crippen LogP contribution in [0.1, 0.15) is 36.9 Å². The highest BCUT2D eigenvalue weighted by Gasteiger charge is 2.10. The Bertz CT molecular complexity index is 788. The summed E-state index contributed by atoms with van der Waals surface area (Å²) < 4.78 is 36.1. The fourth-order valence-corrected chi connectivity index (χ4v) is 3.45. The van der Waals surface area contributed by atoms with E-state index in [1.807, 2.05) is 43.3 Å². The fourth-order valence-electron chi connectivity index (χ4n) is 2.67. The van der Waals surface area contributed by atoms with Gasteiger partial charge in [0.25, 0.3) is 0 Å². The van der Waals surface area contributed by atoms with E-state index in [-0.39, 0.29) is 6.04 Å². The van der Waals surface area contributed by atoms with Crippen LogP contribution < -0.4 is 14.2 Å². The average Bonchev–Trinajstić information content (AvgIpc) is 2.60. The van der Waals surface area contributed by atoms with Gasteiger partial charge in [0.2, 0.25) is 10.0 Å². The molecule has 2 aromatic carbocycles. The Balaban J connectivity index is 1.72. The highest BCUT2D eigenvalue weighted by Crippen LogP contribution is 2.19. The Morgan fingerprint density at radius 1 is 1.04 bits per heavy atom. The first-order valence-electron chi connectivity index (χ1n) is 8.70. The molecule has 2 aromatic rings. The van der Waals surface area contributed by atoms with E-state index in [9.17, 15) is 8.42 Å². The van der Waals surface area contributed by atoms with Crippen LogP contribution in [-0.4, -0.2) is 28.4 Å². The summed E-state index contributed by atoms with van der Waals surface area (Å²) >= 11 is 0. The molecule has 0 saturated carbocycles. The molecule has 0 aromatic heterocycles. The summed E-state index contributed by atoms with van der Waals surface area (Å²) in [5, 5.41) is 0. The molecular weight excluding hydrogens is 350 g/mol. The van der Waals surface area contributed by atoms with Crippen LogP contribution >= 0.6 is 0 Å². The number of hydrogen-bond acceptors (Lipinski definition) is 4. The Morgan fingerprint density at radius 3 is 2.38 bits per heavy atom. The van der Waals surface area contributed by atoms with E-state index in [1.165, 1.54) is 11.8 Å². The van der Waals surface area contributed by atoms with Crippen molar-refractivity contribution in [2.24, 2.45) is 0 Å². The smallest absolute Gasteiger partial charge is 0.209 e. The topological polar surface area (TPSA) is 64.6 Å². The van der Waals surface area contributed by atoms with E-state index in [0.29, 0.717) is 6.61 Å². The minimum atomic E-state index is -3.20. The van der Waals surface area contributed by atoms with E-state index in [4.69, 9.17) is 9.47 Å². The summed E-state index contributed by atoms with van der Waals surface area (Å²) in [5.41, 5.74) is 2.20. The molecule has 142 valence electrons. The van der Waals surface area contributed by atoms with Crippen molar-refractivity contribution in [1.82, 2.24) is 4.72 Å². The number of sulfonamides is 1. The summed E-state index contributed by atoms with van der Waals surface area (Å²) in [7, 11) is -1.56. The summed E-state index contributed by atoms with van der Waals surface area (Å²) in [6.45, 7) is 2.51. The molecule has 26 heavy (non-hydrogen) atoms. The number of hydrogen-bond donors (Lipinski definition) is 1. The quantitative estimate of drug-likeness (QED) is 0.641. The fraction of sp³-hybridized carbons (Fsp3) is 0.400. The summed E-state index contributed by atoms with van der Waals surface area (Å²) in [4.78, 5) is 0. The molecule has 0 aliphatic heterocycles. The van der Waals surface area contributed by atoms with Crippen LogP contribution in [0.2, 0.25) is 0 Å². The molecule has 1 N–H and O–H groups in total. The van der Waals surface area contributed by atoms with Gasteiger partial charge in [-0.05, 0) is 49.4 Å². The number of nitrogens with one attached hydrogen (secondary N) is 1. The minimum Gasteiger partial charge on any atom is -0.497 e. The normalized spacial score (nSPS) is 12.6. The Morgan fingerprint density at radius 2 is 1.73 bits per heavy atom. The number of ether oxygens (including phenoxy) is 2. The third-order valence-corrected chi connectivity index (χ3v) is 4.82. The molecule has 0 aliphatic rings. The van der Waals surface area contributed by atoms with Crippen molar-refractivity contribution in [3.63, 3.8) is 0 Å². The summed E-state index contributed by atoms with van der Waals surface area (Å²) in [6.07, 6.45) is 4.13. The number of aryl methyl sites for hydroxylation is 1. The molecule has 0 bridgehead atoms. The number of benzene rings is 2. The molecule has 0 unspecified atom stereocenters. The lowest BCUT2D eigenvalue weighted by Gasteiger charge is -2.13. The second kappa shape index (κ2) is 9.59. The highest BCUT2D eigenvalue weighted by atomic mass is 32.2. The zero-order valence-corrected chi connectivity index (χ0v) is 16.4. The van der Waals surface area contributed by atoms with E-state index < -0.39 is 10.0 Å². The lowest BCUT2D eigenvalue weighted by Crippen LogP contribution is -2.25. The molecular formula is C20H27NO4S. The molecule has 5 nitrogen and oxygen atoms in total. The van der Waals surface area contributed by atoms with Crippen molar-refractivity contribution >= 4 is 10.0 Å². The first-order valence-corrected chi connectivity index (χ1v) is 10.6. The molecule has 0 fully saturated rings. The molecule has 0 amide bonds. The third kappa shape index (κ3) is 7.06. The zero-order chi connectivity index (χ0) is 19.0. The second-order valence-corrected chi connectivity index (χ2v) is 8.12. The van der Waals surface area contributed by atoms with Crippen molar-refractivity contribution in [3.8, 4) is 11.5 Å². The standard InChI is InChI=1S/C20H27NO4S/c1-16(21-26(3,22)23)18-12-10-17(11-13-18)7-4-5-14-25-20-9-6-8-19(15-20)24-2/h6,8-13,15-16,21H,4-5,7,14H2,1-3H3/t16-/m1/s1. The predicted octanol–water partition coefficient (Wildman–Crippen LogP) is 3.71. The van der Waals surface area contributed by atoms with Crippen LogP contribution in [0.4, 0.5) is 0 Å². The van der Waals surface area contributed by atoms with Gasteiger partial charge in [-0.15, -0.1) is 0 Å². The monoisotopic (exact) mass is 377 g/mol. The zero-order valence-electron chi connectivity index (χ0n) is 15.6. The van der Waals surface area contributed by atoms with E-state index in [2.05, 4.69) is 16.9 Å². The van der Waals surface area contributed by atoms with Crippen molar-refractivity contribution in [2.45, 2.75) is 32.2 Å². The van der Waals surface area contributed by atoms with E-state index >= 15 is 0 Å². The number of rotatable bonds is 10. The van der Waals surface area contributed by atoms with Gasteiger partial charge in [-0.2, -0.15) is 0 Å². The Labute approximate surface area is 156 Å². The maximum Gasteiger partial charge on any atom is 0.209 e. The van der Waals surface area contributed by atoms with E-state index in [1.54, 1.807) is 7.11 Å². The van der Waals surface area contributed by atoms with Crippen LogP contribution in [-0.2, 0) is 16.4 Å². The first-order chi connectivity index (χ1) is 12.4. The van der Waals surface area contributed by atoms with Crippen molar-refractivity contribution < 1.29 is 17.9 Å². The van der Waals surface area contributed by atoms with Crippen molar-refractivity contribution in [3.05, 3.63) is 59.7 Å². The van der Waals surface area contributed by atoms with E-state index in [0.717, 1.165) is 36.3 Å². The van der Waals surface area contributed by atoms with Gasteiger partial charge in [0, 0.05) is 12.1 Å². The molecule has 0 radical (unpaired) electrons. The molecule has 1 atom stereocenters. The van der Waals surface area contributed by atoms with Crippen LogP contribution in [0.3, 0.4) is 0 Å². The van der Waals surface area contributed by atoms with Crippen molar-refractivity contribution in [1.29, 1.82) is 0 Å². The maximum atomic E-state index is 11.3. The largest absolute Gasteiger partial charge is 0.497 e. The van der Waals surface area contributed by atoms with Crippen LogP contribution in [0.25, 0.3) is 0 Å². The van der Waals surface area contributed by atoms with Gasteiger partial charge in [-0.1, -0.05) is 30.3 Å². The lowest BCUT2D eigenvalue weighted by atomic mass is 10.0. The first kappa shape index (κ1) is 20.3. The highest BCUT2D eigenvalue weighted by molar-refractivity contribution is 7.88. The van der Waals surface area contributed by atoms with Gasteiger partial charge in [0.15, 0.2) is 0 Å². The van der Waals surface area contributed by atoms with Crippen LogP contribution in [0.5, 0.6) is 11.5 Å². The van der Waals surface area contributed by atoms with Gasteiger partial charge in [-0.25, -0.2) is 13.1 Å². The average molecular weight is 378 g/mol. The third-order valence-electron chi connectivity index (χ3n) is 4.04. The summed E-state index contributed by atoms with van der Waals surface area (Å²) in [6, 6.07) is 15.4. The molecule has 0 spiro atoms. The second-order valence-electron chi connectivity index (χ2n) is 6.34. The van der Waals surface area contributed by atoms with Gasteiger partial charge >= 0.3 is 0 Å². The van der Waals surface area contributed by atoms with Crippen LogP contribution in [0, 0.1) is 0 Å². The number of methoxy groups -OCH3 is 1. The van der Waals surface area contributed by atoms with Gasteiger partial charge in [-0.3, -0.25) is 0 Å². The molecule has 0 aliphatic carbocycles. The Kier molecular flexibility index (Phi) is 7.48. The van der Waals surface area contributed by atoms with Crippen LogP contribution in [0.15, 0.2) is 48.5 Å². The molecule has 0 heterocycles. The minimum absolute atomic E-state index is 0.227. The van der Waals surface area contributed by atoms with Gasteiger partial charge in [0.1, 0.15) is 11.5 Å². The summed E-state index contributed by atoms with van der Waals surface area (Å²) in [5.74, 6) is 1.61. The maximum absolute atomic E-state index is 11.3. The predicted molar refractivity (Wildman–Crippen MR) is 104 cm³/mol. The number of unbranched alkanes of at least 4 members (excludes halogenated alkanes) is 1. The van der Waals surface area contributed by atoms with Crippen molar-refractivity contribution in [2.75, 3.05) is 20.0 Å². The molecule has 6 heteroatoms. The van der Waals surface area contributed by atoms with Gasteiger partial charge in [0.05, 0.1) is 20.0 Å². The molecule has 0 saturated heterocycles. The SMILES string of the molecule is COc1cccc(OCCCCc2ccc([C@@H](C)NS(C)(=O)=O)cc2)c1. The lowest BCUT2D eigenvalue weighted by molar-refractivity contribution is 0.304. The van der Waals surface area contributed by atoms with Gasteiger partial charge < -0.3 is 9.47 Å². The Hall–Kier alpha value is -2.05. The molecule has 2 rings (SSSR count).